The number of hydrogen-bond donors (Lipinski definition) is 2. The molecule has 1 aromatic rings. The fourth-order valence-electron chi connectivity index (χ4n) is 3.73. The summed E-state index contributed by atoms with van der Waals surface area (Å²) in [6, 6.07) is 10.6. The van der Waals surface area contributed by atoms with Crippen LogP contribution >= 0.6 is 0 Å². The van der Waals surface area contributed by atoms with Crippen molar-refractivity contribution in [1.82, 2.24) is 10.6 Å². The van der Waals surface area contributed by atoms with Crippen molar-refractivity contribution >= 4 is 5.91 Å². The molecule has 120 valence electrons. The van der Waals surface area contributed by atoms with Gasteiger partial charge in [0.1, 0.15) is 5.60 Å². The van der Waals surface area contributed by atoms with E-state index in [1.54, 1.807) is 7.11 Å². The van der Waals surface area contributed by atoms with Crippen molar-refractivity contribution in [2.75, 3.05) is 26.7 Å². The summed E-state index contributed by atoms with van der Waals surface area (Å²) in [5.74, 6) is 0.0544. The highest BCUT2D eigenvalue weighted by Crippen LogP contribution is 2.43. The van der Waals surface area contributed by atoms with Gasteiger partial charge in [-0.15, -0.1) is 0 Å². The lowest BCUT2D eigenvalue weighted by molar-refractivity contribution is -0.147. The molecular formula is C18H26N2O2. The second-order valence-corrected chi connectivity index (χ2v) is 6.63. The molecule has 0 bridgehead atoms. The zero-order valence-electron chi connectivity index (χ0n) is 13.4. The minimum atomic E-state index is -0.646. The number of carbonyl (C=O) groups is 1. The number of amides is 1. The van der Waals surface area contributed by atoms with Crippen molar-refractivity contribution in [3.05, 3.63) is 35.9 Å². The zero-order valence-corrected chi connectivity index (χ0v) is 13.4. The normalized spacial score (nSPS) is 22.6. The Morgan fingerprint density at radius 1 is 1.18 bits per heavy atom. The molecule has 1 amide bonds. The number of carbonyl (C=O) groups excluding carboxylic acids is 1. The van der Waals surface area contributed by atoms with Gasteiger partial charge in [-0.05, 0) is 44.3 Å². The number of hydrogen-bond acceptors (Lipinski definition) is 3. The highest BCUT2D eigenvalue weighted by Gasteiger charge is 2.43. The first-order chi connectivity index (χ1) is 10.7. The van der Waals surface area contributed by atoms with Crippen LogP contribution < -0.4 is 10.6 Å². The van der Waals surface area contributed by atoms with E-state index in [-0.39, 0.29) is 11.3 Å². The van der Waals surface area contributed by atoms with E-state index in [1.165, 1.54) is 12.0 Å². The molecule has 4 heteroatoms. The first-order valence-electron chi connectivity index (χ1n) is 8.31. The molecule has 0 unspecified atom stereocenters. The lowest BCUT2D eigenvalue weighted by Gasteiger charge is -2.44. The van der Waals surface area contributed by atoms with Crippen LogP contribution in [0.1, 0.15) is 37.7 Å². The molecule has 1 aromatic carbocycles. The van der Waals surface area contributed by atoms with Crippen LogP contribution in [0.15, 0.2) is 30.3 Å². The summed E-state index contributed by atoms with van der Waals surface area (Å²) in [6.07, 6.45) is 5.03. The van der Waals surface area contributed by atoms with Crippen LogP contribution in [0.25, 0.3) is 0 Å². The smallest absolute Gasteiger partial charge is 0.252 e. The van der Waals surface area contributed by atoms with E-state index >= 15 is 0 Å². The molecule has 0 aromatic heterocycles. The van der Waals surface area contributed by atoms with E-state index < -0.39 is 5.60 Å². The van der Waals surface area contributed by atoms with Crippen LogP contribution in [-0.4, -0.2) is 38.3 Å². The van der Waals surface area contributed by atoms with Crippen LogP contribution in [0.2, 0.25) is 0 Å². The van der Waals surface area contributed by atoms with Gasteiger partial charge < -0.3 is 15.4 Å². The third kappa shape index (κ3) is 2.77. The quantitative estimate of drug-likeness (QED) is 0.874. The van der Waals surface area contributed by atoms with E-state index in [4.69, 9.17) is 4.74 Å². The van der Waals surface area contributed by atoms with Crippen molar-refractivity contribution in [2.45, 2.75) is 43.1 Å². The molecule has 2 fully saturated rings. The van der Waals surface area contributed by atoms with Crippen LogP contribution in [-0.2, 0) is 14.9 Å². The van der Waals surface area contributed by atoms with Gasteiger partial charge in [-0.3, -0.25) is 4.79 Å². The summed E-state index contributed by atoms with van der Waals surface area (Å²) in [6.45, 7) is 2.39. The predicted octanol–water partition coefficient (Wildman–Crippen LogP) is 1.99. The maximum atomic E-state index is 12.7. The van der Waals surface area contributed by atoms with Gasteiger partial charge in [-0.1, -0.05) is 36.8 Å². The van der Waals surface area contributed by atoms with E-state index in [2.05, 4.69) is 34.9 Å². The molecule has 0 radical (unpaired) electrons. The molecule has 2 aliphatic rings. The molecule has 0 atom stereocenters. The van der Waals surface area contributed by atoms with Crippen LogP contribution in [0.4, 0.5) is 0 Å². The average Bonchev–Trinajstić information content (AvgIpc) is 2.55. The topological polar surface area (TPSA) is 50.4 Å². The Labute approximate surface area is 132 Å². The first kappa shape index (κ1) is 15.5. The standard InChI is InChI=1S/C18H26N2O2/c1-22-18(10-12-19-13-11-18)16(21)20-14-17(8-5-9-17)15-6-3-2-4-7-15/h2-4,6-7,19H,5,8-14H2,1H3,(H,20,21). The first-order valence-corrected chi connectivity index (χ1v) is 8.31. The molecule has 1 aliphatic carbocycles. The van der Waals surface area contributed by atoms with Crippen LogP contribution in [0.3, 0.4) is 0 Å². The largest absolute Gasteiger partial charge is 0.368 e. The molecule has 1 aliphatic heterocycles. The Kier molecular flexibility index (Phi) is 4.50. The van der Waals surface area contributed by atoms with Gasteiger partial charge in [-0.2, -0.15) is 0 Å². The maximum absolute atomic E-state index is 12.7. The Balaban J connectivity index is 1.67. The number of ether oxygens (including phenoxy) is 1. The highest BCUT2D eigenvalue weighted by atomic mass is 16.5. The Hall–Kier alpha value is -1.39. The van der Waals surface area contributed by atoms with Gasteiger partial charge in [0, 0.05) is 19.1 Å². The van der Waals surface area contributed by atoms with Crippen LogP contribution in [0, 0.1) is 0 Å². The summed E-state index contributed by atoms with van der Waals surface area (Å²) >= 11 is 0. The number of piperidine rings is 1. The molecule has 0 spiro atoms. The van der Waals surface area contributed by atoms with Gasteiger partial charge in [0.05, 0.1) is 0 Å². The van der Waals surface area contributed by atoms with Crippen molar-refractivity contribution < 1.29 is 9.53 Å². The fraction of sp³-hybridized carbons (Fsp3) is 0.611. The van der Waals surface area contributed by atoms with Gasteiger partial charge in [0.2, 0.25) is 0 Å². The number of benzene rings is 1. The van der Waals surface area contributed by atoms with Crippen molar-refractivity contribution in [1.29, 1.82) is 0 Å². The number of methoxy groups -OCH3 is 1. The van der Waals surface area contributed by atoms with Gasteiger partial charge >= 0.3 is 0 Å². The third-order valence-electron chi connectivity index (χ3n) is 5.50. The molecule has 1 saturated carbocycles. The molecule has 1 heterocycles. The maximum Gasteiger partial charge on any atom is 0.252 e. The lowest BCUT2D eigenvalue weighted by atomic mass is 9.64. The van der Waals surface area contributed by atoms with Crippen molar-refractivity contribution in [3.63, 3.8) is 0 Å². The third-order valence-corrected chi connectivity index (χ3v) is 5.50. The van der Waals surface area contributed by atoms with E-state index in [0.717, 1.165) is 38.8 Å². The molecule has 1 saturated heterocycles. The molecular weight excluding hydrogens is 276 g/mol. The SMILES string of the molecule is COC1(C(=O)NCC2(c3ccccc3)CCC2)CCNCC1. The van der Waals surface area contributed by atoms with E-state index in [1.807, 2.05) is 6.07 Å². The minimum Gasteiger partial charge on any atom is -0.368 e. The van der Waals surface area contributed by atoms with Crippen molar-refractivity contribution in [3.8, 4) is 0 Å². The average molecular weight is 302 g/mol. The van der Waals surface area contributed by atoms with Gasteiger partial charge in [-0.25, -0.2) is 0 Å². The fourth-order valence-corrected chi connectivity index (χ4v) is 3.73. The lowest BCUT2D eigenvalue weighted by Crippen LogP contribution is -2.56. The van der Waals surface area contributed by atoms with Gasteiger partial charge in [0.15, 0.2) is 0 Å². The summed E-state index contributed by atoms with van der Waals surface area (Å²) in [5, 5.41) is 6.48. The minimum absolute atomic E-state index is 0.0544. The number of nitrogens with one attached hydrogen (secondary N) is 2. The second kappa shape index (κ2) is 6.39. The van der Waals surface area contributed by atoms with E-state index in [9.17, 15) is 4.79 Å². The molecule has 22 heavy (non-hydrogen) atoms. The number of rotatable bonds is 5. The summed E-state index contributed by atoms with van der Waals surface area (Å²) in [7, 11) is 1.65. The summed E-state index contributed by atoms with van der Waals surface area (Å²) < 4.78 is 5.61. The van der Waals surface area contributed by atoms with Crippen LogP contribution in [0.5, 0.6) is 0 Å². The van der Waals surface area contributed by atoms with Crippen molar-refractivity contribution in [2.24, 2.45) is 0 Å². The molecule has 4 nitrogen and oxygen atoms in total. The second-order valence-electron chi connectivity index (χ2n) is 6.63. The summed E-state index contributed by atoms with van der Waals surface area (Å²) in [5.41, 5.74) is 0.823. The Morgan fingerprint density at radius 3 is 2.41 bits per heavy atom. The monoisotopic (exact) mass is 302 g/mol. The molecule has 2 N–H and O–H groups in total. The molecule has 3 rings (SSSR count). The predicted molar refractivity (Wildman–Crippen MR) is 86.8 cm³/mol. The van der Waals surface area contributed by atoms with E-state index in [0.29, 0.717) is 6.54 Å². The summed E-state index contributed by atoms with van der Waals surface area (Å²) in [4.78, 5) is 12.7. The highest BCUT2D eigenvalue weighted by molar-refractivity contribution is 5.85. The zero-order chi connectivity index (χ0) is 15.5. The Bertz CT molecular complexity index is 505. The van der Waals surface area contributed by atoms with Gasteiger partial charge in [0.25, 0.3) is 5.91 Å². The Morgan fingerprint density at radius 2 is 1.86 bits per heavy atom.